The number of fused-ring (bicyclic) bond motifs is 1. The smallest absolute Gasteiger partial charge is 0.254 e. The van der Waals surface area contributed by atoms with E-state index in [9.17, 15) is 14.0 Å². The number of halogens is 1. The lowest BCUT2D eigenvalue weighted by Crippen LogP contribution is -2.53. The van der Waals surface area contributed by atoms with Gasteiger partial charge in [-0.2, -0.15) is 0 Å². The van der Waals surface area contributed by atoms with Crippen LogP contribution in [0.3, 0.4) is 0 Å². The van der Waals surface area contributed by atoms with Crippen molar-refractivity contribution < 1.29 is 18.7 Å². The van der Waals surface area contributed by atoms with Crippen LogP contribution in [-0.4, -0.2) is 68.1 Å². The molecule has 182 valence electrons. The van der Waals surface area contributed by atoms with E-state index in [0.29, 0.717) is 50.6 Å². The van der Waals surface area contributed by atoms with Crippen LogP contribution >= 0.6 is 11.3 Å². The number of anilines is 1. The zero-order chi connectivity index (χ0) is 24.4. The van der Waals surface area contributed by atoms with Gasteiger partial charge in [-0.3, -0.25) is 9.59 Å². The highest BCUT2D eigenvalue weighted by Gasteiger charge is 2.46. The molecule has 0 saturated carbocycles. The van der Waals surface area contributed by atoms with Crippen molar-refractivity contribution in [2.75, 3.05) is 51.3 Å². The molecule has 2 aromatic carbocycles. The van der Waals surface area contributed by atoms with E-state index in [1.165, 1.54) is 6.07 Å². The lowest BCUT2D eigenvalue weighted by atomic mass is 9.81. The maximum atomic E-state index is 14.3. The first-order valence-corrected chi connectivity index (χ1v) is 12.7. The Bertz CT molecular complexity index is 1190. The number of piperazine rings is 1. The van der Waals surface area contributed by atoms with Gasteiger partial charge in [0, 0.05) is 50.3 Å². The molecule has 0 bridgehead atoms. The summed E-state index contributed by atoms with van der Waals surface area (Å²) in [5.74, 6) is -0.846. The summed E-state index contributed by atoms with van der Waals surface area (Å²) >= 11 is 1.56. The minimum atomic E-state index is -0.514. The van der Waals surface area contributed by atoms with E-state index in [-0.39, 0.29) is 17.6 Å². The normalized spacial score (nSPS) is 20.2. The third-order valence-corrected chi connectivity index (χ3v) is 7.80. The summed E-state index contributed by atoms with van der Waals surface area (Å²) in [6.45, 7) is 2.88. The first-order chi connectivity index (χ1) is 17.1. The number of benzene rings is 2. The molecule has 1 saturated heterocycles. The molecule has 2 amide bonds. The molecule has 8 heteroatoms. The number of hydrogen-bond donors (Lipinski definition) is 0. The van der Waals surface area contributed by atoms with Crippen LogP contribution in [0.2, 0.25) is 0 Å². The first-order valence-electron chi connectivity index (χ1n) is 11.8. The van der Waals surface area contributed by atoms with E-state index in [1.807, 2.05) is 51.6 Å². The summed E-state index contributed by atoms with van der Waals surface area (Å²) in [7, 11) is 1.61. The van der Waals surface area contributed by atoms with Gasteiger partial charge in [-0.15, -0.1) is 11.3 Å². The second-order valence-electron chi connectivity index (χ2n) is 8.78. The van der Waals surface area contributed by atoms with Gasteiger partial charge in [-0.25, -0.2) is 4.39 Å². The lowest BCUT2D eigenvalue weighted by Gasteiger charge is -2.44. The van der Waals surface area contributed by atoms with Crippen LogP contribution in [0.25, 0.3) is 0 Å². The van der Waals surface area contributed by atoms with Crippen molar-refractivity contribution in [3.63, 3.8) is 0 Å². The van der Waals surface area contributed by atoms with Gasteiger partial charge >= 0.3 is 0 Å². The predicted octanol–water partition coefficient (Wildman–Crippen LogP) is 4.16. The Kier molecular flexibility index (Phi) is 6.83. The largest absolute Gasteiger partial charge is 0.383 e. The number of methoxy groups -OCH3 is 1. The number of rotatable bonds is 6. The molecule has 35 heavy (non-hydrogen) atoms. The van der Waals surface area contributed by atoms with Crippen LogP contribution in [0.15, 0.2) is 66.0 Å². The molecule has 0 unspecified atom stereocenters. The third kappa shape index (κ3) is 4.44. The fraction of sp³-hybridized carbons (Fsp3) is 0.333. The maximum absolute atomic E-state index is 14.3. The molecule has 2 atom stereocenters. The van der Waals surface area contributed by atoms with Crippen molar-refractivity contribution in [3.05, 3.63) is 87.9 Å². The zero-order valence-corrected chi connectivity index (χ0v) is 20.4. The van der Waals surface area contributed by atoms with Crippen LogP contribution in [0.4, 0.5) is 10.1 Å². The Hall–Kier alpha value is -3.23. The molecule has 0 spiro atoms. The second-order valence-corrected chi connectivity index (χ2v) is 9.76. The molecule has 2 aliphatic heterocycles. The van der Waals surface area contributed by atoms with Gasteiger partial charge in [-0.1, -0.05) is 36.4 Å². The van der Waals surface area contributed by atoms with Gasteiger partial charge in [-0.05, 0) is 35.2 Å². The molecule has 0 N–H and O–H groups in total. The summed E-state index contributed by atoms with van der Waals surface area (Å²) in [5.41, 5.74) is 1.90. The molecule has 1 aromatic heterocycles. The molecular weight excluding hydrogens is 465 g/mol. The zero-order valence-electron chi connectivity index (χ0n) is 19.6. The fourth-order valence-corrected chi connectivity index (χ4v) is 6.02. The Labute approximate surface area is 208 Å². The topological polar surface area (TPSA) is 53.1 Å². The van der Waals surface area contributed by atoms with Crippen LogP contribution < -0.4 is 4.90 Å². The summed E-state index contributed by atoms with van der Waals surface area (Å²) < 4.78 is 19.6. The Morgan fingerprint density at radius 3 is 2.49 bits per heavy atom. The number of amides is 2. The summed E-state index contributed by atoms with van der Waals surface area (Å²) in [4.78, 5) is 34.3. The van der Waals surface area contributed by atoms with Crippen LogP contribution in [0, 0.1) is 5.82 Å². The molecular formula is C27H28FN3O3S. The fourth-order valence-electron chi connectivity index (χ4n) is 5.14. The van der Waals surface area contributed by atoms with Gasteiger partial charge in [0.1, 0.15) is 5.82 Å². The predicted molar refractivity (Wildman–Crippen MR) is 134 cm³/mol. The molecule has 5 rings (SSSR count). The Morgan fingerprint density at radius 1 is 1.03 bits per heavy atom. The number of carbonyl (C=O) groups excluding carboxylic acids is 2. The molecule has 0 radical (unpaired) electrons. The first kappa shape index (κ1) is 23.5. The van der Waals surface area contributed by atoms with E-state index < -0.39 is 12.0 Å². The molecule has 1 fully saturated rings. The van der Waals surface area contributed by atoms with Gasteiger partial charge in [0.25, 0.3) is 5.91 Å². The number of ether oxygens (including phenoxy) is 1. The Balaban J connectivity index is 1.46. The lowest BCUT2D eigenvalue weighted by molar-refractivity contribution is -0.135. The quantitative estimate of drug-likeness (QED) is 0.518. The average molecular weight is 494 g/mol. The Morgan fingerprint density at radius 2 is 1.77 bits per heavy atom. The van der Waals surface area contributed by atoms with Gasteiger partial charge in [0.2, 0.25) is 5.91 Å². The van der Waals surface area contributed by atoms with E-state index in [1.54, 1.807) is 41.5 Å². The van der Waals surface area contributed by atoms with Crippen molar-refractivity contribution in [1.82, 2.24) is 9.80 Å². The van der Waals surface area contributed by atoms with Crippen molar-refractivity contribution in [3.8, 4) is 0 Å². The second kappa shape index (κ2) is 10.2. The van der Waals surface area contributed by atoms with Gasteiger partial charge in [0.05, 0.1) is 24.3 Å². The van der Waals surface area contributed by atoms with E-state index in [4.69, 9.17) is 4.74 Å². The number of para-hydroxylation sites is 1. The third-order valence-electron chi connectivity index (χ3n) is 6.86. The standard InChI is InChI=1S/C27H28FN3O3S/c1-34-17-16-31-25(23-11-6-18-35-23)24(19-7-2-3-8-20(19)26(31)32)27(33)30-14-12-29(13-15-30)22-10-5-4-9-21(22)28/h2-11,18,24-25H,12-17H2,1H3/t24-,25+/m1/s1. The van der Waals surface area contributed by atoms with Crippen LogP contribution in [0.1, 0.15) is 32.8 Å². The summed E-state index contributed by atoms with van der Waals surface area (Å²) in [6.07, 6.45) is 0. The van der Waals surface area contributed by atoms with Gasteiger partial charge in [0.15, 0.2) is 0 Å². The molecule has 3 heterocycles. The SMILES string of the molecule is COCCN1C(=O)c2ccccc2[C@@H](C(=O)N2CCN(c3ccccc3F)CC2)[C@@H]1c1cccs1. The summed E-state index contributed by atoms with van der Waals surface area (Å²) in [5, 5.41) is 1.98. The van der Waals surface area contributed by atoms with Crippen molar-refractivity contribution in [2.24, 2.45) is 0 Å². The van der Waals surface area contributed by atoms with E-state index >= 15 is 0 Å². The number of carbonyl (C=O) groups is 2. The van der Waals surface area contributed by atoms with Crippen LogP contribution in [-0.2, 0) is 9.53 Å². The number of thiophene rings is 1. The van der Waals surface area contributed by atoms with Crippen molar-refractivity contribution in [2.45, 2.75) is 12.0 Å². The average Bonchev–Trinajstić information content (AvgIpc) is 3.43. The van der Waals surface area contributed by atoms with E-state index in [0.717, 1.165) is 10.4 Å². The molecule has 2 aliphatic rings. The monoisotopic (exact) mass is 493 g/mol. The van der Waals surface area contributed by atoms with Crippen molar-refractivity contribution >= 4 is 28.8 Å². The molecule has 3 aromatic rings. The number of nitrogens with zero attached hydrogens (tertiary/aromatic N) is 3. The maximum Gasteiger partial charge on any atom is 0.254 e. The molecule has 0 aliphatic carbocycles. The van der Waals surface area contributed by atoms with Gasteiger partial charge < -0.3 is 19.4 Å². The van der Waals surface area contributed by atoms with Crippen LogP contribution in [0.5, 0.6) is 0 Å². The highest BCUT2D eigenvalue weighted by Crippen LogP contribution is 2.45. The minimum absolute atomic E-state index is 0.000972. The highest BCUT2D eigenvalue weighted by molar-refractivity contribution is 7.10. The highest BCUT2D eigenvalue weighted by atomic mass is 32.1. The number of hydrogen-bond acceptors (Lipinski definition) is 5. The minimum Gasteiger partial charge on any atom is -0.383 e. The van der Waals surface area contributed by atoms with E-state index in [2.05, 4.69) is 0 Å². The summed E-state index contributed by atoms with van der Waals surface area (Å²) in [6, 6.07) is 17.7. The van der Waals surface area contributed by atoms with Crippen molar-refractivity contribution in [1.29, 1.82) is 0 Å². The molecule has 6 nitrogen and oxygen atoms in total.